The zero-order valence-corrected chi connectivity index (χ0v) is 10.6. The summed E-state index contributed by atoms with van der Waals surface area (Å²) in [5, 5.41) is 3.51. The quantitative estimate of drug-likeness (QED) is 0.604. The zero-order chi connectivity index (χ0) is 11.8. The lowest BCUT2D eigenvalue weighted by Crippen LogP contribution is -2.41. The van der Waals surface area contributed by atoms with Crippen LogP contribution in [0.15, 0.2) is 0 Å². The van der Waals surface area contributed by atoms with Crippen molar-refractivity contribution >= 4 is 0 Å². The lowest BCUT2D eigenvalue weighted by Gasteiger charge is -2.21. The summed E-state index contributed by atoms with van der Waals surface area (Å²) in [7, 11) is 1.73. The van der Waals surface area contributed by atoms with Crippen LogP contribution in [-0.2, 0) is 9.47 Å². The van der Waals surface area contributed by atoms with E-state index in [1.165, 1.54) is 6.42 Å². The highest BCUT2D eigenvalue weighted by Crippen LogP contribution is 2.16. The highest BCUT2D eigenvalue weighted by molar-refractivity contribution is 4.77. The predicted molar refractivity (Wildman–Crippen MR) is 65.5 cm³/mol. The summed E-state index contributed by atoms with van der Waals surface area (Å²) in [6.07, 6.45) is 3.24. The van der Waals surface area contributed by atoms with Crippen LogP contribution < -0.4 is 11.1 Å². The maximum absolute atomic E-state index is 6.01. The topological polar surface area (TPSA) is 56.5 Å². The molecule has 0 aliphatic carbocycles. The Kier molecular flexibility index (Phi) is 6.96. The van der Waals surface area contributed by atoms with Crippen LogP contribution in [-0.4, -0.2) is 45.6 Å². The van der Waals surface area contributed by atoms with Crippen LogP contribution >= 0.6 is 0 Å². The molecule has 1 aliphatic heterocycles. The molecule has 4 heteroatoms. The van der Waals surface area contributed by atoms with Crippen molar-refractivity contribution in [2.45, 2.75) is 38.3 Å². The fraction of sp³-hybridized carbons (Fsp3) is 1.00. The number of nitrogens with two attached hydrogens (primary N) is 1. The standard InChI is InChI=1S/C12H26N2O2/c1-10(11-5-7-16-9-11)14-8-12(13)4-3-6-15-2/h10-12,14H,3-9,13H2,1-2H3. The lowest BCUT2D eigenvalue weighted by molar-refractivity contribution is 0.177. The van der Waals surface area contributed by atoms with Crippen LogP contribution in [0.3, 0.4) is 0 Å². The van der Waals surface area contributed by atoms with Crippen LogP contribution in [0.1, 0.15) is 26.2 Å². The van der Waals surface area contributed by atoms with Crippen molar-refractivity contribution in [1.82, 2.24) is 5.32 Å². The van der Waals surface area contributed by atoms with Crippen LogP contribution in [0.5, 0.6) is 0 Å². The van der Waals surface area contributed by atoms with Gasteiger partial charge in [0.1, 0.15) is 0 Å². The Morgan fingerprint density at radius 3 is 3.00 bits per heavy atom. The van der Waals surface area contributed by atoms with E-state index in [2.05, 4.69) is 12.2 Å². The molecule has 1 fully saturated rings. The first kappa shape index (κ1) is 13.9. The van der Waals surface area contributed by atoms with Gasteiger partial charge in [0.25, 0.3) is 0 Å². The third-order valence-electron chi connectivity index (χ3n) is 3.30. The molecule has 0 aromatic rings. The minimum Gasteiger partial charge on any atom is -0.385 e. The van der Waals surface area contributed by atoms with Gasteiger partial charge in [0.05, 0.1) is 6.61 Å². The molecule has 1 aliphatic rings. The van der Waals surface area contributed by atoms with E-state index in [9.17, 15) is 0 Å². The molecule has 96 valence electrons. The number of hydrogen-bond donors (Lipinski definition) is 2. The number of hydrogen-bond acceptors (Lipinski definition) is 4. The van der Waals surface area contributed by atoms with E-state index in [0.717, 1.165) is 39.2 Å². The van der Waals surface area contributed by atoms with Crippen molar-refractivity contribution in [2.75, 3.05) is 33.5 Å². The molecule has 4 nitrogen and oxygen atoms in total. The highest BCUT2D eigenvalue weighted by atomic mass is 16.5. The van der Waals surface area contributed by atoms with E-state index >= 15 is 0 Å². The molecule has 0 aromatic carbocycles. The Hall–Kier alpha value is -0.160. The van der Waals surface area contributed by atoms with Gasteiger partial charge in [-0.1, -0.05) is 0 Å². The van der Waals surface area contributed by atoms with Gasteiger partial charge < -0.3 is 20.5 Å². The van der Waals surface area contributed by atoms with Crippen LogP contribution in [0, 0.1) is 5.92 Å². The third-order valence-corrected chi connectivity index (χ3v) is 3.30. The van der Waals surface area contributed by atoms with Gasteiger partial charge in [-0.2, -0.15) is 0 Å². The average Bonchev–Trinajstić information content (AvgIpc) is 2.79. The first-order valence-corrected chi connectivity index (χ1v) is 6.29. The number of nitrogens with one attached hydrogen (secondary N) is 1. The Morgan fingerprint density at radius 2 is 2.38 bits per heavy atom. The second-order valence-electron chi connectivity index (χ2n) is 4.72. The molecule has 0 amide bonds. The number of rotatable bonds is 8. The molecule has 16 heavy (non-hydrogen) atoms. The van der Waals surface area contributed by atoms with Crippen LogP contribution in [0.25, 0.3) is 0 Å². The molecule has 1 rings (SSSR count). The second kappa shape index (κ2) is 8.01. The normalized spacial score (nSPS) is 24.6. The van der Waals surface area contributed by atoms with E-state index in [1.54, 1.807) is 7.11 Å². The van der Waals surface area contributed by atoms with Gasteiger partial charge in [-0.05, 0) is 32.1 Å². The summed E-state index contributed by atoms with van der Waals surface area (Å²) >= 11 is 0. The Morgan fingerprint density at radius 1 is 1.56 bits per heavy atom. The monoisotopic (exact) mass is 230 g/mol. The molecule has 3 N–H and O–H groups in total. The smallest absolute Gasteiger partial charge is 0.0509 e. The minimum atomic E-state index is 0.236. The van der Waals surface area contributed by atoms with Gasteiger partial charge in [0, 0.05) is 39.0 Å². The van der Waals surface area contributed by atoms with E-state index in [1.807, 2.05) is 0 Å². The average molecular weight is 230 g/mol. The van der Waals surface area contributed by atoms with Crippen molar-refractivity contribution in [1.29, 1.82) is 0 Å². The summed E-state index contributed by atoms with van der Waals surface area (Å²) in [5.41, 5.74) is 6.01. The number of methoxy groups -OCH3 is 1. The van der Waals surface area contributed by atoms with E-state index in [0.29, 0.717) is 12.0 Å². The van der Waals surface area contributed by atoms with Gasteiger partial charge >= 0.3 is 0 Å². The van der Waals surface area contributed by atoms with E-state index < -0.39 is 0 Å². The van der Waals surface area contributed by atoms with Crippen molar-refractivity contribution in [3.63, 3.8) is 0 Å². The maximum atomic E-state index is 6.01. The summed E-state index contributed by atoms with van der Waals surface area (Å²) < 4.78 is 10.4. The summed E-state index contributed by atoms with van der Waals surface area (Å²) in [5.74, 6) is 0.658. The molecule has 0 radical (unpaired) electrons. The second-order valence-corrected chi connectivity index (χ2v) is 4.72. The first-order chi connectivity index (χ1) is 7.74. The summed E-state index contributed by atoms with van der Waals surface area (Å²) in [6.45, 7) is 5.73. The number of ether oxygens (including phenoxy) is 2. The van der Waals surface area contributed by atoms with Crippen molar-refractivity contribution in [3.8, 4) is 0 Å². The molecule has 3 atom stereocenters. The van der Waals surface area contributed by atoms with E-state index in [-0.39, 0.29) is 6.04 Å². The van der Waals surface area contributed by atoms with Gasteiger partial charge in [0.2, 0.25) is 0 Å². The summed E-state index contributed by atoms with van der Waals surface area (Å²) in [6, 6.07) is 0.746. The Balaban J connectivity index is 2.03. The highest BCUT2D eigenvalue weighted by Gasteiger charge is 2.21. The Labute approximate surface area is 98.9 Å². The molecule has 1 heterocycles. The van der Waals surface area contributed by atoms with Crippen molar-refractivity contribution in [2.24, 2.45) is 11.7 Å². The molecule has 1 saturated heterocycles. The van der Waals surface area contributed by atoms with Gasteiger partial charge in [-0.3, -0.25) is 0 Å². The van der Waals surface area contributed by atoms with Crippen LogP contribution in [0.4, 0.5) is 0 Å². The largest absolute Gasteiger partial charge is 0.385 e. The molecule has 0 bridgehead atoms. The SMILES string of the molecule is COCCCC(N)CNC(C)C1CCOC1. The molecule has 3 unspecified atom stereocenters. The molecular formula is C12H26N2O2. The van der Waals surface area contributed by atoms with E-state index in [4.69, 9.17) is 15.2 Å². The van der Waals surface area contributed by atoms with Gasteiger partial charge in [-0.15, -0.1) is 0 Å². The van der Waals surface area contributed by atoms with Crippen molar-refractivity contribution in [3.05, 3.63) is 0 Å². The molecule has 0 aromatic heterocycles. The molecule has 0 spiro atoms. The third kappa shape index (κ3) is 5.25. The molecular weight excluding hydrogens is 204 g/mol. The minimum absolute atomic E-state index is 0.236. The predicted octanol–water partition coefficient (Wildman–Crippen LogP) is 0.755. The maximum Gasteiger partial charge on any atom is 0.0509 e. The van der Waals surface area contributed by atoms with Crippen molar-refractivity contribution < 1.29 is 9.47 Å². The fourth-order valence-corrected chi connectivity index (χ4v) is 2.04. The zero-order valence-electron chi connectivity index (χ0n) is 10.6. The summed E-state index contributed by atoms with van der Waals surface area (Å²) in [4.78, 5) is 0. The van der Waals surface area contributed by atoms with Gasteiger partial charge in [-0.25, -0.2) is 0 Å². The Bertz CT molecular complexity index is 172. The molecule has 0 saturated carbocycles. The van der Waals surface area contributed by atoms with Crippen LogP contribution in [0.2, 0.25) is 0 Å². The fourth-order valence-electron chi connectivity index (χ4n) is 2.04. The first-order valence-electron chi connectivity index (χ1n) is 6.29. The lowest BCUT2D eigenvalue weighted by atomic mass is 10.0. The van der Waals surface area contributed by atoms with Gasteiger partial charge in [0.15, 0.2) is 0 Å².